The fourth-order valence-corrected chi connectivity index (χ4v) is 3.31. The first-order chi connectivity index (χ1) is 12.5. The van der Waals surface area contributed by atoms with Crippen LogP contribution in [0.5, 0.6) is 0 Å². The van der Waals surface area contributed by atoms with E-state index in [1.165, 1.54) is 0 Å². The number of aryl methyl sites for hydroxylation is 1. The van der Waals surface area contributed by atoms with E-state index in [2.05, 4.69) is 0 Å². The SMILES string of the molecule is Cc1ccc(C(=O)N2CCCN(C(=O)c3ccc(Cl)c(Cl)c3)CC2)cc1. The quantitative estimate of drug-likeness (QED) is 0.766. The van der Waals surface area contributed by atoms with Crippen molar-refractivity contribution < 1.29 is 9.59 Å². The molecule has 3 rings (SSSR count). The van der Waals surface area contributed by atoms with Crippen LogP contribution in [0.3, 0.4) is 0 Å². The number of benzene rings is 2. The first-order valence-corrected chi connectivity index (χ1v) is 9.31. The summed E-state index contributed by atoms with van der Waals surface area (Å²) in [5, 5.41) is 0.789. The molecule has 0 radical (unpaired) electrons. The molecule has 0 aromatic heterocycles. The minimum atomic E-state index is -0.0896. The van der Waals surface area contributed by atoms with Gasteiger partial charge in [0.1, 0.15) is 0 Å². The zero-order valence-corrected chi connectivity index (χ0v) is 16.1. The molecule has 1 saturated heterocycles. The van der Waals surface area contributed by atoms with Crippen molar-refractivity contribution in [2.45, 2.75) is 13.3 Å². The van der Waals surface area contributed by atoms with Crippen LogP contribution in [0.2, 0.25) is 10.0 Å². The number of hydrogen-bond acceptors (Lipinski definition) is 2. The van der Waals surface area contributed by atoms with Crippen LogP contribution in [-0.4, -0.2) is 47.8 Å². The fourth-order valence-electron chi connectivity index (χ4n) is 3.01. The highest BCUT2D eigenvalue weighted by molar-refractivity contribution is 6.42. The van der Waals surface area contributed by atoms with Crippen molar-refractivity contribution >= 4 is 35.0 Å². The van der Waals surface area contributed by atoms with Gasteiger partial charge in [-0.05, 0) is 43.7 Å². The molecule has 0 saturated carbocycles. The van der Waals surface area contributed by atoms with Gasteiger partial charge in [0, 0.05) is 37.3 Å². The summed E-state index contributed by atoms with van der Waals surface area (Å²) in [6.45, 7) is 4.25. The summed E-state index contributed by atoms with van der Waals surface area (Å²) in [6, 6.07) is 12.5. The average molecular weight is 391 g/mol. The smallest absolute Gasteiger partial charge is 0.253 e. The van der Waals surface area contributed by atoms with Gasteiger partial charge in [0.25, 0.3) is 11.8 Å². The van der Waals surface area contributed by atoms with E-state index in [0.717, 1.165) is 12.0 Å². The molecule has 26 heavy (non-hydrogen) atoms. The van der Waals surface area contributed by atoms with Gasteiger partial charge in [-0.2, -0.15) is 0 Å². The molecule has 0 N–H and O–H groups in total. The minimum Gasteiger partial charge on any atom is -0.337 e. The van der Waals surface area contributed by atoms with E-state index in [1.807, 2.05) is 36.1 Å². The van der Waals surface area contributed by atoms with Gasteiger partial charge in [-0.3, -0.25) is 9.59 Å². The summed E-state index contributed by atoms with van der Waals surface area (Å²) in [4.78, 5) is 29.0. The summed E-state index contributed by atoms with van der Waals surface area (Å²) >= 11 is 11.9. The van der Waals surface area contributed by atoms with Crippen LogP contribution in [0.15, 0.2) is 42.5 Å². The molecule has 6 heteroatoms. The molecule has 0 spiro atoms. The van der Waals surface area contributed by atoms with Gasteiger partial charge in [0.05, 0.1) is 10.0 Å². The molecule has 1 aliphatic rings. The van der Waals surface area contributed by atoms with E-state index >= 15 is 0 Å². The van der Waals surface area contributed by atoms with Crippen molar-refractivity contribution in [1.29, 1.82) is 0 Å². The fraction of sp³-hybridized carbons (Fsp3) is 0.300. The summed E-state index contributed by atoms with van der Waals surface area (Å²) in [6.07, 6.45) is 0.741. The number of carbonyl (C=O) groups excluding carboxylic acids is 2. The topological polar surface area (TPSA) is 40.6 Å². The second kappa shape index (κ2) is 8.11. The van der Waals surface area contributed by atoms with Crippen molar-refractivity contribution in [3.8, 4) is 0 Å². The average Bonchev–Trinajstić information content (AvgIpc) is 2.89. The molecule has 0 atom stereocenters. The molecule has 0 aliphatic carbocycles. The third kappa shape index (κ3) is 4.19. The maximum Gasteiger partial charge on any atom is 0.253 e. The van der Waals surface area contributed by atoms with Gasteiger partial charge in [-0.1, -0.05) is 40.9 Å². The second-order valence-electron chi connectivity index (χ2n) is 6.43. The summed E-state index contributed by atoms with van der Waals surface area (Å²) in [5.41, 5.74) is 2.31. The maximum atomic E-state index is 12.7. The van der Waals surface area contributed by atoms with Crippen molar-refractivity contribution in [1.82, 2.24) is 9.80 Å². The third-order valence-electron chi connectivity index (χ3n) is 4.54. The van der Waals surface area contributed by atoms with Gasteiger partial charge in [0.15, 0.2) is 0 Å². The Morgan fingerprint density at radius 3 is 1.88 bits per heavy atom. The molecule has 0 unspecified atom stereocenters. The first-order valence-electron chi connectivity index (χ1n) is 8.56. The summed E-state index contributed by atoms with van der Waals surface area (Å²) in [5.74, 6) is -0.0814. The van der Waals surface area contributed by atoms with Crippen LogP contribution in [0, 0.1) is 6.92 Å². The lowest BCUT2D eigenvalue weighted by Gasteiger charge is -2.22. The number of hydrogen-bond donors (Lipinski definition) is 0. The lowest BCUT2D eigenvalue weighted by Crippen LogP contribution is -2.37. The number of rotatable bonds is 2. The van der Waals surface area contributed by atoms with Gasteiger partial charge in [-0.25, -0.2) is 0 Å². The maximum absolute atomic E-state index is 12.7. The Balaban J connectivity index is 1.67. The highest BCUT2D eigenvalue weighted by Crippen LogP contribution is 2.23. The van der Waals surface area contributed by atoms with Crippen LogP contribution in [0.1, 0.15) is 32.7 Å². The number of carbonyl (C=O) groups is 2. The van der Waals surface area contributed by atoms with Crippen LogP contribution in [0.25, 0.3) is 0 Å². The Labute approximate surface area is 163 Å². The van der Waals surface area contributed by atoms with E-state index in [4.69, 9.17) is 23.2 Å². The molecular formula is C20H20Cl2N2O2. The molecule has 1 fully saturated rings. The summed E-state index contributed by atoms with van der Waals surface area (Å²) < 4.78 is 0. The predicted octanol–water partition coefficient (Wildman–Crippen LogP) is 4.29. The highest BCUT2D eigenvalue weighted by atomic mass is 35.5. The van der Waals surface area contributed by atoms with Crippen molar-refractivity contribution in [2.24, 2.45) is 0 Å². The van der Waals surface area contributed by atoms with Crippen LogP contribution in [-0.2, 0) is 0 Å². The zero-order valence-electron chi connectivity index (χ0n) is 14.5. The van der Waals surface area contributed by atoms with E-state index in [0.29, 0.717) is 47.4 Å². The normalized spacial score (nSPS) is 14.9. The van der Waals surface area contributed by atoms with E-state index < -0.39 is 0 Å². The second-order valence-corrected chi connectivity index (χ2v) is 7.25. The number of nitrogens with zero attached hydrogens (tertiary/aromatic N) is 2. The van der Waals surface area contributed by atoms with Crippen LogP contribution in [0.4, 0.5) is 0 Å². The molecule has 136 valence electrons. The Bertz CT molecular complexity index is 821. The Hall–Kier alpha value is -2.04. The Kier molecular flexibility index (Phi) is 5.84. The zero-order chi connectivity index (χ0) is 18.7. The Morgan fingerprint density at radius 2 is 1.31 bits per heavy atom. The third-order valence-corrected chi connectivity index (χ3v) is 5.27. The first kappa shape index (κ1) is 18.7. The van der Waals surface area contributed by atoms with E-state index in [9.17, 15) is 9.59 Å². The van der Waals surface area contributed by atoms with Crippen LogP contribution < -0.4 is 0 Å². The van der Waals surface area contributed by atoms with Crippen molar-refractivity contribution in [3.05, 3.63) is 69.2 Å². The lowest BCUT2D eigenvalue weighted by atomic mass is 10.1. The molecule has 4 nitrogen and oxygen atoms in total. The van der Waals surface area contributed by atoms with Gasteiger partial charge < -0.3 is 9.80 Å². The standard InChI is InChI=1S/C20H20Cl2N2O2/c1-14-3-5-15(6-4-14)19(25)23-9-2-10-24(12-11-23)20(26)16-7-8-17(21)18(22)13-16/h3-8,13H,2,9-12H2,1H3. The molecule has 1 aliphatic heterocycles. The van der Waals surface area contributed by atoms with Crippen molar-refractivity contribution in [3.63, 3.8) is 0 Å². The van der Waals surface area contributed by atoms with Crippen LogP contribution >= 0.6 is 23.2 Å². The van der Waals surface area contributed by atoms with Gasteiger partial charge in [0.2, 0.25) is 0 Å². The molecule has 1 heterocycles. The summed E-state index contributed by atoms with van der Waals surface area (Å²) in [7, 11) is 0. The lowest BCUT2D eigenvalue weighted by molar-refractivity contribution is 0.0719. The molecule has 2 aromatic carbocycles. The number of amides is 2. The molecule has 2 aromatic rings. The van der Waals surface area contributed by atoms with Gasteiger partial charge >= 0.3 is 0 Å². The Morgan fingerprint density at radius 1 is 0.769 bits per heavy atom. The monoisotopic (exact) mass is 390 g/mol. The predicted molar refractivity (Wildman–Crippen MR) is 104 cm³/mol. The molecule has 0 bridgehead atoms. The minimum absolute atomic E-state index is 0.00818. The van der Waals surface area contributed by atoms with Crippen molar-refractivity contribution in [2.75, 3.05) is 26.2 Å². The molecule has 2 amide bonds. The largest absolute Gasteiger partial charge is 0.337 e. The highest BCUT2D eigenvalue weighted by Gasteiger charge is 2.23. The number of halogens is 2. The van der Waals surface area contributed by atoms with E-state index in [1.54, 1.807) is 23.1 Å². The molecular weight excluding hydrogens is 371 g/mol. The van der Waals surface area contributed by atoms with E-state index in [-0.39, 0.29) is 11.8 Å². The van der Waals surface area contributed by atoms with Gasteiger partial charge in [-0.15, -0.1) is 0 Å².